The van der Waals surface area contributed by atoms with Gasteiger partial charge in [-0.2, -0.15) is 0 Å². The number of aromatic nitrogens is 2. The smallest absolute Gasteiger partial charge is 0.320 e. The maximum absolute atomic E-state index is 13.7. The van der Waals surface area contributed by atoms with Crippen molar-refractivity contribution in [1.82, 2.24) is 14.9 Å². The Morgan fingerprint density at radius 1 is 1.08 bits per heavy atom. The van der Waals surface area contributed by atoms with E-state index in [1.54, 1.807) is 13.8 Å². The molecular formula is C18H18F2N4O. The lowest BCUT2D eigenvalue weighted by atomic mass is 10.1. The molecule has 0 saturated carbocycles. The van der Waals surface area contributed by atoms with Gasteiger partial charge in [-0.25, -0.2) is 18.6 Å². The molecule has 0 saturated heterocycles. The van der Waals surface area contributed by atoms with Crippen LogP contribution in [0.4, 0.5) is 19.3 Å². The van der Waals surface area contributed by atoms with E-state index >= 15 is 0 Å². The molecule has 0 aliphatic heterocycles. The molecule has 7 heteroatoms. The van der Waals surface area contributed by atoms with E-state index in [1.807, 2.05) is 35.9 Å². The van der Waals surface area contributed by atoms with Crippen LogP contribution in [0.1, 0.15) is 19.7 Å². The molecule has 2 amide bonds. The van der Waals surface area contributed by atoms with Crippen molar-refractivity contribution in [2.24, 2.45) is 7.05 Å². The summed E-state index contributed by atoms with van der Waals surface area (Å²) in [5.74, 6) is -1.05. The predicted octanol–water partition coefficient (Wildman–Crippen LogP) is 3.91. The quantitative estimate of drug-likeness (QED) is 0.757. The molecule has 1 heterocycles. The van der Waals surface area contributed by atoms with E-state index in [2.05, 4.69) is 15.6 Å². The third-order valence-corrected chi connectivity index (χ3v) is 3.97. The Balaban J connectivity index is 1.85. The van der Waals surface area contributed by atoms with E-state index in [4.69, 9.17) is 0 Å². The minimum absolute atomic E-state index is 0.485. The number of halogens is 2. The van der Waals surface area contributed by atoms with Gasteiger partial charge in [-0.3, -0.25) is 0 Å². The van der Waals surface area contributed by atoms with Crippen LogP contribution in [0.15, 0.2) is 42.5 Å². The summed E-state index contributed by atoms with van der Waals surface area (Å²) >= 11 is 0. The molecule has 1 aromatic heterocycles. The number of carbonyl (C=O) groups excluding carboxylic acids is 1. The highest BCUT2D eigenvalue weighted by molar-refractivity contribution is 5.90. The van der Waals surface area contributed by atoms with Crippen LogP contribution < -0.4 is 10.6 Å². The highest BCUT2D eigenvalue weighted by atomic mass is 19.1. The summed E-state index contributed by atoms with van der Waals surface area (Å²) in [7, 11) is 1.85. The number of benzene rings is 2. The molecule has 3 aromatic rings. The summed E-state index contributed by atoms with van der Waals surface area (Å²) in [4.78, 5) is 16.8. The average molecular weight is 344 g/mol. The normalized spacial score (nSPS) is 11.6. The number of hydrogen-bond acceptors (Lipinski definition) is 2. The SMILES string of the molecule is Cn1c(C(C)(C)NC(=O)Nc2c(F)cccc2F)nc2ccccc21. The molecule has 130 valence electrons. The molecule has 25 heavy (non-hydrogen) atoms. The Hall–Kier alpha value is -2.96. The summed E-state index contributed by atoms with van der Waals surface area (Å²) < 4.78 is 29.2. The Kier molecular flexibility index (Phi) is 4.16. The number of amides is 2. The number of nitrogens with one attached hydrogen (secondary N) is 2. The highest BCUT2D eigenvalue weighted by Crippen LogP contribution is 2.24. The molecule has 0 unspecified atom stereocenters. The first-order valence-electron chi connectivity index (χ1n) is 7.75. The lowest BCUT2D eigenvalue weighted by Crippen LogP contribution is -2.45. The fourth-order valence-corrected chi connectivity index (χ4v) is 2.81. The molecule has 0 aliphatic carbocycles. The Morgan fingerprint density at radius 2 is 1.72 bits per heavy atom. The summed E-state index contributed by atoms with van der Waals surface area (Å²) in [5, 5.41) is 4.93. The van der Waals surface area contributed by atoms with Crippen molar-refractivity contribution >= 4 is 22.8 Å². The van der Waals surface area contributed by atoms with Crippen molar-refractivity contribution in [3.8, 4) is 0 Å². The second-order valence-corrected chi connectivity index (χ2v) is 6.28. The number of fused-ring (bicyclic) bond motifs is 1. The van der Waals surface area contributed by atoms with Crippen LogP contribution >= 0.6 is 0 Å². The number of imidazole rings is 1. The van der Waals surface area contributed by atoms with Crippen molar-refractivity contribution in [2.45, 2.75) is 19.4 Å². The fraction of sp³-hybridized carbons (Fsp3) is 0.222. The third kappa shape index (κ3) is 3.17. The summed E-state index contributed by atoms with van der Waals surface area (Å²) in [6, 6.07) is 10.3. The molecule has 5 nitrogen and oxygen atoms in total. The monoisotopic (exact) mass is 344 g/mol. The van der Waals surface area contributed by atoms with Gasteiger partial charge in [0.1, 0.15) is 23.1 Å². The second kappa shape index (κ2) is 6.16. The minimum Gasteiger partial charge on any atom is -0.329 e. The molecule has 3 rings (SSSR count). The molecule has 0 atom stereocenters. The van der Waals surface area contributed by atoms with Gasteiger partial charge in [0.15, 0.2) is 0 Å². The molecule has 2 N–H and O–H groups in total. The lowest BCUT2D eigenvalue weighted by molar-refractivity contribution is 0.239. The average Bonchev–Trinajstić information content (AvgIpc) is 2.89. The Bertz CT molecular complexity index is 929. The number of para-hydroxylation sites is 3. The van der Waals surface area contributed by atoms with Crippen LogP contribution in [0.25, 0.3) is 11.0 Å². The number of anilines is 1. The standard InChI is InChI=1S/C18H18F2N4O/c1-18(2,16-21-13-9-4-5-10-14(13)24(16)3)23-17(25)22-15-11(19)7-6-8-12(15)20/h4-10H,1-3H3,(H2,22,23,25). The van der Waals surface area contributed by atoms with Crippen molar-refractivity contribution in [3.63, 3.8) is 0 Å². The molecular weight excluding hydrogens is 326 g/mol. The zero-order valence-electron chi connectivity index (χ0n) is 14.1. The van der Waals surface area contributed by atoms with Gasteiger partial charge in [-0.1, -0.05) is 18.2 Å². The van der Waals surface area contributed by atoms with Crippen molar-refractivity contribution < 1.29 is 13.6 Å². The first kappa shape index (κ1) is 16.9. The first-order valence-corrected chi connectivity index (χ1v) is 7.75. The van der Waals surface area contributed by atoms with E-state index in [0.717, 1.165) is 23.2 Å². The molecule has 0 fully saturated rings. The van der Waals surface area contributed by atoms with E-state index in [-0.39, 0.29) is 0 Å². The largest absolute Gasteiger partial charge is 0.329 e. The number of rotatable bonds is 3. The lowest BCUT2D eigenvalue weighted by Gasteiger charge is -2.26. The maximum Gasteiger partial charge on any atom is 0.320 e. The molecule has 2 aromatic carbocycles. The molecule has 0 radical (unpaired) electrons. The van der Waals surface area contributed by atoms with Crippen LogP contribution in [0.5, 0.6) is 0 Å². The third-order valence-electron chi connectivity index (χ3n) is 3.97. The second-order valence-electron chi connectivity index (χ2n) is 6.28. The maximum atomic E-state index is 13.7. The van der Waals surface area contributed by atoms with Crippen LogP contribution in [-0.2, 0) is 12.6 Å². The van der Waals surface area contributed by atoms with Gasteiger partial charge in [0.05, 0.1) is 16.6 Å². The van der Waals surface area contributed by atoms with Crippen LogP contribution in [0.3, 0.4) is 0 Å². The minimum atomic E-state index is -0.862. The van der Waals surface area contributed by atoms with Crippen LogP contribution in [0.2, 0.25) is 0 Å². The van der Waals surface area contributed by atoms with Gasteiger partial charge in [0.25, 0.3) is 0 Å². The van der Waals surface area contributed by atoms with E-state index in [0.29, 0.717) is 5.82 Å². The van der Waals surface area contributed by atoms with E-state index in [1.165, 1.54) is 6.07 Å². The predicted molar refractivity (Wildman–Crippen MR) is 92.3 cm³/mol. The van der Waals surface area contributed by atoms with E-state index in [9.17, 15) is 13.6 Å². The highest BCUT2D eigenvalue weighted by Gasteiger charge is 2.29. The number of urea groups is 1. The zero-order valence-corrected chi connectivity index (χ0v) is 14.1. The number of aryl methyl sites for hydroxylation is 1. The number of nitrogens with zero attached hydrogens (tertiary/aromatic N) is 2. The number of carbonyl (C=O) groups is 1. The van der Waals surface area contributed by atoms with Gasteiger partial charge >= 0.3 is 6.03 Å². The van der Waals surface area contributed by atoms with Crippen molar-refractivity contribution in [2.75, 3.05) is 5.32 Å². The molecule has 0 spiro atoms. The number of hydrogen-bond donors (Lipinski definition) is 2. The first-order chi connectivity index (χ1) is 11.8. The van der Waals surface area contributed by atoms with Gasteiger partial charge in [-0.15, -0.1) is 0 Å². The Labute approximate surface area is 143 Å². The van der Waals surface area contributed by atoms with Gasteiger partial charge < -0.3 is 15.2 Å². The van der Waals surface area contributed by atoms with E-state index < -0.39 is 28.9 Å². The summed E-state index contributed by atoms with van der Waals surface area (Å²) in [5.41, 5.74) is 0.378. The summed E-state index contributed by atoms with van der Waals surface area (Å²) in [6.45, 7) is 3.54. The Morgan fingerprint density at radius 3 is 2.36 bits per heavy atom. The van der Waals surface area contributed by atoms with Crippen molar-refractivity contribution in [3.05, 3.63) is 59.9 Å². The van der Waals surface area contributed by atoms with Gasteiger partial charge in [-0.05, 0) is 38.1 Å². The molecule has 0 bridgehead atoms. The fourth-order valence-electron chi connectivity index (χ4n) is 2.81. The molecule has 0 aliphatic rings. The van der Waals surface area contributed by atoms with Gasteiger partial charge in [0.2, 0.25) is 0 Å². The van der Waals surface area contributed by atoms with Crippen molar-refractivity contribution in [1.29, 1.82) is 0 Å². The van der Waals surface area contributed by atoms with Crippen LogP contribution in [0, 0.1) is 11.6 Å². The zero-order chi connectivity index (χ0) is 18.2. The van der Waals surface area contributed by atoms with Crippen LogP contribution in [-0.4, -0.2) is 15.6 Å². The topological polar surface area (TPSA) is 59.0 Å². The summed E-state index contributed by atoms with van der Waals surface area (Å²) in [6.07, 6.45) is 0. The van der Waals surface area contributed by atoms with Gasteiger partial charge in [0, 0.05) is 7.05 Å².